The number of halogens is 1. The fraction of sp³-hybridized carbons (Fsp3) is 0.136. The summed E-state index contributed by atoms with van der Waals surface area (Å²) in [5, 5.41) is 2.99. The highest BCUT2D eigenvalue weighted by Gasteiger charge is 2.16. The van der Waals surface area contributed by atoms with Gasteiger partial charge in [-0.25, -0.2) is 4.79 Å². The van der Waals surface area contributed by atoms with Gasteiger partial charge in [0.2, 0.25) is 5.76 Å². The number of ether oxygens (including phenoxy) is 2. The van der Waals surface area contributed by atoms with Gasteiger partial charge in [0.1, 0.15) is 11.5 Å². The van der Waals surface area contributed by atoms with Gasteiger partial charge >= 0.3 is 5.97 Å². The third-order valence-corrected chi connectivity index (χ3v) is 4.39. The molecule has 0 aliphatic heterocycles. The first-order valence-corrected chi connectivity index (χ1v) is 9.27. The molecule has 3 aromatic rings. The fourth-order valence-corrected chi connectivity index (χ4v) is 2.81. The van der Waals surface area contributed by atoms with Crippen molar-refractivity contribution in [3.63, 3.8) is 0 Å². The Labute approximate surface area is 177 Å². The van der Waals surface area contributed by atoms with Gasteiger partial charge in [-0.3, -0.25) is 9.59 Å². The first-order valence-electron chi connectivity index (χ1n) is 8.89. The summed E-state index contributed by atoms with van der Waals surface area (Å²) in [6, 6.07) is 14.6. The molecule has 0 fully saturated rings. The highest BCUT2D eigenvalue weighted by Crippen LogP contribution is 2.27. The zero-order chi connectivity index (χ0) is 21.7. The normalized spacial score (nSPS) is 10.4. The number of esters is 1. The Hall–Kier alpha value is -3.58. The molecular weight excluding hydrogens is 410 g/mol. The fourth-order valence-electron chi connectivity index (χ4n) is 2.64. The van der Waals surface area contributed by atoms with E-state index in [4.69, 9.17) is 25.5 Å². The molecule has 0 saturated carbocycles. The number of hydrogen-bond donors (Lipinski definition) is 1. The van der Waals surface area contributed by atoms with Gasteiger partial charge in [-0.1, -0.05) is 35.9 Å². The predicted molar refractivity (Wildman–Crippen MR) is 111 cm³/mol. The Morgan fingerprint density at radius 1 is 1.03 bits per heavy atom. The maximum Gasteiger partial charge on any atom is 0.374 e. The Bertz CT molecular complexity index is 1090. The van der Waals surface area contributed by atoms with Gasteiger partial charge in [-0.15, -0.1) is 0 Å². The Morgan fingerprint density at radius 3 is 2.43 bits per heavy atom. The maximum atomic E-state index is 12.2. The molecule has 3 rings (SSSR count). The molecule has 8 heteroatoms. The van der Waals surface area contributed by atoms with E-state index < -0.39 is 18.5 Å². The number of rotatable bonds is 7. The second-order valence-corrected chi connectivity index (χ2v) is 6.70. The monoisotopic (exact) mass is 427 g/mol. The van der Waals surface area contributed by atoms with Gasteiger partial charge in [0.05, 0.1) is 12.8 Å². The van der Waals surface area contributed by atoms with Crippen LogP contribution in [0.5, 0.6) is 5.75 Å². The molecule has 7 nitrogen and oxygen atoms in total. The van der Waals surface area contributed by atoms with Crippen LogP contribution in [0.15, 0.2) is 59.0 Å². The minimum absolute atomic E-state index is 0.0427. The number of carbonyl (C=O) groups excluding carboxylic acids is 3. The molecule has 2 aromatic carbocycles. The van der Waals surface area contributed by atoms with Crippen LogP contribution in [-0.2, 0) is 9.53 Å². The molecule has 0 radical (unpaired) electrons. The summed E-state index contributed by atoms with van der Waals surface area (Å²) in [6.07, 6.45) is 0. The van der Waals surface area contributed by atoms with E-state index in [0.29, 0.717) is 33.3 Å². The number of hydrogen-bond acceptors (Lipinski definition) is 6. The number of carbonyl (C=O) groups is 3. The summed E-state index contributed by atoms with van der Waals surface area (Å²) in [5.74, 6) is -0.575. The largest absolute Gasteiger partial charge is 0.495 e. The average molecular weight is 428 g/mol. The van der Waals surface area contributed by atoms with Crippen LogP contribution < -0.4 is 10.1 Å². The maximum absolute atomic E-state index is 12.2. The lowest BCUT2D eigenvalue weighted by molar-refractivity contribution is -0.119. The van der Waals surface area contributed by atoms with Crippen molar-refractivity contribution in [2.24, 2.45) is 0 Å². The first kappa shape index (κ1) is 21.1. The van der Waals surface area contributed by atoms with Crippen LogP contribution in [0.1, 0.15) is 27.8 Å². The van der Waals surface area contributed by atoms with Crippen LogP contribution in [0.2, 0.25) is 5.02 Å². The van der Waals surface area contributed by atoms with Crippen LogP contribution in [0.3, 0.4) is 0 Å². The first-order chi connectivity index (χ1) is 14.4. The minimum Gasteiger partial charge on any atom is -0.495 e. The van der Waals surface area contributed by atoms with Crippen molar-refractivity contribution in [2.75, 3.05) is 19.0 Å². The lowest BCUT2D eigenvalue weighted by Crippen LogP contribution is -2.21. The molecule has 0 bridgehead atoms. The summed E-state index contributed by atoms with van der Waals surface area (Å²) in [4.78, 5) is 35.6. The summed E-state index contributed by atoms with van der Waals surface area (Å²) < 4.78 is 15.7. The third-order valence-electron chi connectivity index (χ3n) is 4.15. The van der Waals surface area contributed by atoms with Gasteiger partial charge in [0.25, 0.3) is 5.91 Å². The molecular formula is C22H18ClNO6. The van der Waals surface area contributed by atoms with E-state index in [1.165, 1.54) is 26.2 Å². The molecule has 1 N–H and O–H groups in total. The quantitative estimate of drug-likeness (QED) is 0.437. The highest BCUT2D eigenvalue weighted by atomic mass is 35.5. The number of Topliss-reactive ketones (excluding diaryl/α,β-unsaturated/α-hetero) is 1. The Morgan fingerprint density at radius 2 is 1.77 bits per heavy atom. The van der Waals surface area contributed by atoms with E-state index in [-0.39, 0.29) is 11.5 Å². The van der Waals surface area contributed by atoms with Gasteiger partial charge in [0, 0.05) is 16.1 Å². The van der Waals surface area contributed by atoms with Crippen molar-refractivity contribution >= 4 is 34.9 Å². The summed E-state index contributed by atoms with van der Waals surface area (Å²) in [7, 11) is 1.46. The average Bonchev–Trinajstić information content (AvgIpc) is 3.22. The van der Waals surface area contributed by atoms with E-state index in [2.05, 4.69) is 5.32 Å². The Balaban J connectivity index is 1.60. The third kappa shape index (κ3) is 5.07. The van der Waals surface area contributed by atoms with Crippen molar-refractivity contribution < 1.29 is 28.3 Å². The van der Waals surface area contributed by atoms with Crippen LogP contribution in [0.25, 0.3) is 11.3 Å². The van der Waals surface area contributed by atoms with E-state index in [9.17, 15) is 14.4 Å². The molecule has 0 spiro atoms. The zero-order valence-corrected chi connectivity index (χ0v) is 17.0. The molecule has 154 valence electrons. The number of ketones is 1. The van der Waals surface area contributed by atoms with Gasteiger partial charge in [-0.05, 0) is 37.3 Å². The van der Waals surface area contributed by atoms with Crippen LogP contribution in [0.4, 0.5) is 5.69 Å². The molecule has 1 heterocycles. The van der Waals surface area contributed by atoms with Crippen molar-refractivity contribution in [3.05, 3.63) is 70.9 Å². The molecule has 0 atom stereocenters. The second kappa shape index (κ2) is 9.28. The molecule has 0 saturated heterocycles. The molecule has 30 heavy (non-hydrogen) atoms. The summed E-state index contributed by atoms with van der Waals surface area (Å²) >= 11 is 5.92. The molecule has 0 unspecified atom stereocenters. The highest BCUT2D eigenvalue weighted by molar-refractivity contribution is 6.31. The molecule has 0 aliphatic carbocycles. The lowest BCUT2D eigenvalue weighted by Gasteiger charge is -2.10. The van der Waals surface area contributed by atoms with Crippen molar-refractivity contribution in [3.8, 4) is 17.1 Å². The number of benzene rings is 2. The molecule has 0 aliphatic rings. The molecule has 1 aromatic heterocycles. The number of anilines is 1. The van der Waals surface area contributed by atoms with Gasteiger partial charge < -0.3 is 19.2 Å². The number of nitrogens with one attached hydrogen (secondary N) is 1. The topological polar surface area (TPSA) is 94.8 Å². The zero-order valence-electron chi connectivity index (χ0n) is 16.2. The minimum atomic E-state index is -0.783. The summed E-state index contributed by atoms with van der Waals surface area (Å²) in [5.41, 5.74) is 1.64. The van der Waals surface area contributed by atoms with E-state index in [0.717, 1.165) is 0 Å². The predicted octanol–water partition coefficient (Wildman–Crippen LogP) is 4.61. The number of furan rings is 1. The lowest BCUT2D eigenvalue weighted by atomic mass is 10.1. The number of amides is 1. The SMILES string of the molecule is COc1ccc(Cl)cc1NC(=O)COC(=O)c1ccc(-c2ccc(C(C)=O)cc2)o1. The van der Waals surface area contributed by atoms with E-state index in [1.807, 2.05) is 0 Å². The second-order valence-electron chi connectivity index (χ2n) is 6.27. The smallest absolute Gasteiger partial charge is 0.374 e. The summed E-state index contributed by atoms with van der Waals surface area (Å²) in [6.45, 7) is 0.965. The van der Waals surface area contributed by atoms with E-state index in [1.54, 1.807) is 42.5 Å². The van der Waals surface area contributed by atoms with Crippen molar-refractivity contribution in [1.29, 1.82) is 0 Å². The van der Waals surface area contributed by atoms with Gasteiger partial charge in [-0.2, -0.15) is 0 Å². The van der Waals surface area contributed by atoms with Crippen molar-refractivity contribution in [1.82, 2.24) is 0 Å². The van der Waals surface area contributed by atoms with Crippen molar-refractivity contribution in [2.45, 2.75) is 6.92 Å². The van der Waals surface area contributed by atoms with Crippen LogP contribution in [-0.4, -0.2) is 31.4 Å². The van der Waals surface area contributed by atoms with Crippen LogP contribution in [0, 0.1) is 0 Å². The molecule has 1 amide bonds. The van der Waals surface area contributed by atoms with Crippen LogP contribution >= 0.6 is 11.6 Å². The standard InChI is InChI=1S/C22H18ClNO6/c1-13(25)14-3-5-15(6-4-14)18-9-10-20(30-18)22(27)29-12-21(26)24-17-11-16(23)7-8-19(17)28-2/h3-11H,12H2,1-2H3,(H,24,26). The Kier molecular flexibility index (Phi) is 6.54. The number of methoxy groups -OCH3 is 1. The van der Waals surface area contributed by atoms with E-state index >= 15 is 0 Å². The van der Waals surface area contributed by atoms with Gasteiger partial charge in [0.15, 0.2) is 12.4 Å².